The Morgan fingerprint density at radius 2 is 1.59 bits per heavy atom. The van der Waals surface area contributed by atoms with Gasteiger partial charge in [-0.15, -0.1) is 0 Å². The van der Waals surface area contributed by atoms with E-state index in [4.69, 9.17) is 20.4 Å². The van der Waals surface area contributed by atoms with Gasteiger partial charge in [-0.1, -0.05) is 60.2 Å². The summed E-state index contributed by atoms with van der Waals surface area (Å²) in [6.07, 6.45) is 0.461. The summed E-state index contributed by atoms with van der Waals surface area (Å²) in [7, 11) is -4.02. The van der Waals surface area contributed by atoms with Crippen LogP contribution in [0.15, 0.2) is 83.8 Å². The van der Waals surface area contributed by atoms with Crippen molar-refractivity contribution in [2.75, 3.05) is 0 Å². The molecule has 0 heterocycles. The van der Waals surface area contributed by atoms with Crippen LogP contribution in [0.3, 0.4) is 0 Å². The summed E-state index contributed by atoms with van der Waals surface area (Å²) in [4.78, 5) is -0.0666. The molecule has 0 aliphatic rings. The molecule has 3 rings (SSSR count). The molecule has 0 saturated carbocycles. The summed E-state index contributed by atoms with van der Waals surface area (Å²) in [5.41, 5.74) is 8.47. The summed E-state index contributed by atoms with van der Waals surface area (Å²) in [5.74, 6) is 0.966. The van der Waals surface area contributed by atoms with Gasteiger partial charge in [-0.25, -0.2) is 0 Å². The first-order valence-corrected chi connectivity index (χ1v) is 10.3. The first-order chi connectivity index (χ1) is 13.7. The van der Waals surface area contributed by atoms with Gasteiger partial charge < -0.3 is 10.5 Å². The maximum Gasteiger partial charge on any atom is 0.294 e. The van der Waals surface area contributed by atoms with Crippen molar-refractivity contribution in [2.24, 2.45) is 5.73 Å². The highest BCUT2D eigenvalue weighted by Gasteiger charge is 2.06. The molecule has 4 N–H and O–H groups in total. The molecule has 0 unspecified atom stereocenters. The lowest BCUT2D eigenvalue weighted by molar-refractivity contribution is 0.306. The third-order valence-corrected chi connectivity index (χ3v) is 4.73. The summed E-state index contributed by atoms with van der Waals surface area (Å²) in [6, 6.07) is 23.7. The van der Waals surface area contributed by atoms with Gasteiger partial charge in [-0.3, -0.25) is 9.96 Å². The van der Waals surface area contributed by atoms with Crippen molar-refractivity contribution >= 4 is 16.0 Å². The van der Waals surface area contributed by atoms with Crippen LogP contribution in [-0.2, 0) is 23.1 Å². The molecule has 0 amide bonds. The number of nitrogens with two attached hydrogens (primary N) is 1. The van der Waals surface area contributed by atoms with Crippen molar-refractivity contribution in [3.63, 3.8) is 0 Å². The first kappa shape index (κ1) is 22.1. The van der Waals surface area contributed by atoms with Crippen molar-refractivity contribution < 1.29 is 17.7 Å². The van der Waals surface area contributed by atoms with E-state index in [0.717, 1.165) is 22.4 Å². The van der Waals surface area contributed by atoms with Crippen LogP contribution in [0, 0.1) is 12.3 Å². The van der Waals surface area contributed by atoms with Crippen LogP contribution >= 0.6 is 0 Å². The van der Waals surface area contributed by atoms with Crippen molar-refractivity contribution in [3.8, 4) is 5.75 Å². The van der Waals surface area contributed by atoms with Crippen LogP contribution in [0.1, 0.15) is 16.7 Å². The molecule has 0 saturated heterocycles. The van der Waals surface area contributed by atoms with E-state index in [-0.39, 0.29) is 10.7 Å². The number of hydrogen-bond donors (Lipinski definition) is 3. The fourth-order valence-corrected chi connectivity index (χ4v) is 2.90. The molecule has 0 aliphatic heterocycles. The SMILES string of the molecule is Cc1ccc(S(=O)(=O)O)cc1.N=C(N)Cc1cccc(OCc2ccccc2)c1. The van der Waals surface area contributed by atoms with E-state index in [9.17, 15) is 8.42 Å². The highest BCUT2D eigenvalue weighted by molar-refractivity contribution is 7.85. The van der Waals surface area contributed by atoms with Gasteiger partial charge in [0.25, 0.3) is 10.1 Å². The van der Waals surface area contributed by atoms with Crippen LogP contribution in [0.25, 0.3) is 0 Å². The zero-order chi connectivity index (χ0) is 21.3. The quantitative estimate of drug-likeness (QED) is 0.322. The topological polar surface area (TPSA) is 113 Å². The molecule has 152 valence electrons. The molecule has 3 aromatic carbocycles. The second kappa shape index (κ2) is 10.4. The Balaban J connectivity index is 0.000000234. The Morgan fingerprint density at radius 1 is 0.966 bits per heavy atom. The Morgan fingerprint density at radius 3 is 2.17 bits per heavy atom. The fourth-order valence-electron chi connectivity index (χ4n) is 2.42. The van der Waals surface area contributed by atoms with Crippen molar-refractivity contribution in [3.05, 3.63) is 95.6 Å². The van der Waals surface area contributed by atoms with Crippen molar-refractivity contribution in [2.45, 2.75) is 24.8 Å². The maximum atomic E-state index is 10.5. The standard InChI is InChI=1S/C15H16N2O.C7H8O3S/c16-15(17)10-13-7-4-8-14(9-13)18-11-12-5-2-1-3-6-12;1-6-2-4-7(5-3-6)11(8,9)10/h1-9H,10-11H2,(H3,16,17);2-5H,1H3,(H,8,9,10). The van der Waals surface area contributed by atoms with E-state index >= 15 is 0 Å². The number of aryl methyl sites for hydroxylation is 1. The van der Waals surface area contributed by atoms with E-state index in [2.05, 4.69) is 0 Å². The average Bonchev–Trinajstić information content (AvgIpc) is 2.67. The molecule has 6 nitrogen and oxygen atoms in total. The molecule has 0 atom stereocenters. The Bertz CT molecular complexity index is 1030. The molecular formula is C22H24N2O4S. The van der Waals surface area contributed by atoms with E-state index in [1.807, 2.05) is 61.5 Å². The smallest absolute Gasteiger partial charge is 0.294 e. The number of benzene rings is 3. The second-order valence-electron chi connectivity index (χ2n) is 6.41. The lowest BCUT2D eigenvalue weighted by Crippen LogP contribution is -2.12. The molecule has 0 aromatic heterocycles. The normalized spacial score (nSPS) is 10.6. The minimum absolute atomic E-state index is 0.0666. The van der Waals surface area contributed by atoms with Gasteiger partial charge in [0.1, 0.15) is 12.4 Å². The predicted octanol–water partition coefficient (Wildman–Crippen LogP) is 3.99. The molecule has 0 bridgehead atoms. The van der Waals surface area contributed by atoms with Crippen LogP contribution in [-0.4, -0.2) is 18.8 Å². The van der Waals surface area contributed by atoms with Gasteiger partial charge >= 0.3 is 0 Å². The largest absolute Gasteiger partial charge is 0.489 e. The minimum atomic E-state index is -4.02. The number of ether oxygens (including phenoxy) is 1. The Kier molecular flexibility index (Phi) is 7.94. The summed E-state index contributed by atoms with van der Waals surface area (Å²) in [6.45, 7) is 2.39. The van der Waals surface area contributed by atoms with Crippen molar-refractivity contribution in [1.29, 1.82) is 5.41 Å². The van der Waals surface area contributed by atoms with Gasteiger partial charge in [0.05, 0.1) is 10.7 Å². The summed E-state index contributed by atoms with van der Waals surface area (Å²) < 4.78 is 35.3. The molecule has 0 fully saturated rings. The second-order valence-corrected chi connectivity index (χ2v) is 7.83. The average molecular weight is 413 g/mol. The molecule has 0 spiro atoms. The molecule has 29 heavy (non-hydrogen) atoms. The third-order valence-electron chi connectivity index (χ3n) is 3.86. The molecular weight excluding hydrogens is 388 g/mol. The van der Waals surface area contributed by atoms with E-state index in [1.165, 1.54) is 12.1 Å². The summed E-state index contributed by atoms with van der Waals surface area (Å²) in [5, 5.41) is 7.28. The summed E-state index contributed by atoms with van der Waals surface area (Å²) >= 11 is 0. The zero-order valence-electron chi connectivity index (χ0n) is 16.1. The van der Waals surface area contributed by atoms with E-state index in [0.29, 0.717) is 13.0 Å². The van der Waals surface area contributed by atoms with Gasteiger partial charge in [0.15, 0.2) is 0 Å². The third kappa shape index (κ3) is 8.16. The van der Waals surface area contributed by atoms with Gasteiger partial charge in [-0.05, 0) is 42.3 Å². The van der Waals surface area contributed by atoms with Crippen LogP contribution in [0.5, 0.6) is 5.75 Å². The molecule has 3 aromatic rings. The zero-order valence-corrected chi connectivity index (χ0v) is 16.9. The number of nitrogens with one attached hydrogen (secondary N) is 1. The van der Waals surface area contributed by atoms with Gasteiger partial charge in [0.2, 0.25) is 0 Å². The molecule has 7 heteroatoms. The van der Waals surface area contributed by atoms with Crippen LogP contribution in [0.4, 0.5) is 0 Å². The fraction of sp³-hybridized carbons (Fsp3) is 0.136. The number of rotatable bonds is 6. The first-order valence-electron chi connectivity index (χ1n) is 8.87. The monoisotopic (exact) mass is 412 g/mol. The highest BCUT2D eigenvalue weighted by atomic mass is 32.2. The molecule has 0 aliphatic carbocycles. The van der Waals surface area contributed by atoms with E-state index < -0.39 is 10.1 Å². The molecule has 0 radical (unpaired) electrons. The van der Waals surface area contributed by atoms with Crippen LogP contribution < -0.4 is 10.5 Å². The number of hydrogen-bond acceptors (Lipinski definition) is 4. The predicted molar refractivity (Wildman–Crippen MR) is 114 cm³/mol. The van der Waals surface area contributed by atoms with Gasteiger partial charge in [-0.2, -0.15) is 8.42 Å². The Labute approximate surface area is 171 Å². The minimum Gasteiger partial charge on any atom is -0.489 e. The lowest BCUT2D eigenvalue weighted by atomic mass is 10.1. The van der Waals surface area contributed by atoms with E-state index in [1.54, 1.807) is 12.1 Å². The maximum absolute atomic E-state index is 10.5. The lowest BCUT2D eigenvalue weighted by Gasteiger charge is -2.07. The van der Waals surface area contributed by atoms with Crippen molar-refractivity contribution in [1.82, 2.24) is 0 Å². The van der Waals surface area contributed by atoms with Crippen LogP contribution in [0.2, 0.25) is 0 Å². The number of amidine groups is 1. The Hall–Kier alpha value is -3.16. The highest BCUT2D eigenvalue weighted by Crippen LogP contribution is 2.15. The van der Waals surface area contributed by atoms with Gasteiger partial charge in [0, 0.05) is 6.42 Å².